The third-order valence-corrected chi connectivity index (χ3v) is 5.86. The summed E-state index contributed by atoms with van der Waals surface area (Å²) in [6.45, 7) is 2.37. The van der Waals surface area contributed by atoms with Crippen molar-refractivity contribution in [3.8, 4) is 0 Å². The van der Waals surface area contributed by atoms with Crippen LogP contribution in [-0.2, 0) is 26.3 Å². The second-order valence-corrected chi connectivity index (χ2v) is 8.01. The van der Waals surface area contributed by atoms with Gasteiger partial charge in [-0.3, -0.25) is 19.8 Å². The Bertz CT molecular complexity index is 1010. The standard InChI is InChI=1S/C23H24N4O4/c1-23(18-10-6-3-7-11-18)21(30)27(22(31)24-23)25-20(29)17-14-19(28)26(15-17)13-12-16-8-4-2-5-9-16/h2-11,17H,12-15H2,1H3,(H,24,31)(H,25,29)/t17-,23+/m0/s1. The lowest BCUT2D eigenvalue weighted by Gasteiger charge is -2.22. The summed E-state index contributed by atoms with van der Waals surface area (Å²) in [7, 11) is 0. The molecule has 2 aromatic rings. The van der Waals surface area contributed by atoms with Gasteiger partial charge in [-0.2, -0.15) is 5.01 Å². The summed E-state index contributed by atoms with van der Waals surface area (Å²) >= 11 is 0. The van der Waals surface area contributed by atoms with Gasteiger partial charge in [-0.15, -0.1) is 0 Å². The number of hydrogen-bond acceptors (Lipinski definition) is 4. The van der Waals surface area contributed by atoms with Crippen LogP contribution in [0.4, 0.5) is 4.79 Å². The van der Waals surface area contributed by atoms with Gasteiger partial charge in [0.05, 0.1) is 5.92 Å². The largest absolute Gasteiger partial charge is 0.344 e. The number of likely N-dealkylation sites (tertiary alicyclic amines) is 1. The molecule has 0 spiro atoms. The van der Waals surface area contributed by atoms with E-state index in [9.17, 15) is 19.2 Å². The zero-order chi connectivity index (χ0) is 22.0. The lowest BCUT2D eigenvalue weighted by molar-refractivity contribution is -0.140. The van der Waals surface area contributed by atoms with Crippen LogP contribution in [0.25, 0.3) is 0 Å². The van der Waals surface area contributed by atoms with Crippen molar-refractivity contribution in [1.29, 1.82) is 0 Å². The molecule has 0 saturated carbocycles. The van der Waals surface area contributed by atoms with E-state index in [1.165, 1.54) is 0 Å². The smallest absolute Gasteiger partial charge is 0.342 e. The summed E-state index contributed by atoms with van der Waals surface area (Å²) in [5, 5.41) is 3.36. The molecule has 2 saturated heterocycles. The van der Waals surface area contributed by atoms with Crippen molar-refractivity contribution in [2.45, 2.75) is 25.3 Å². The van der Waals surface area contributed by atoms with Gasteiger partial charge in [-0.05, 0) is 24.5 Å². The molecular formula is C23H24N4O4. The average Bonchev–Trinajstić information content (AvgIpc) is 3.26. The fourth-order valence-electron chi connectivity index (χ4n) is 3.98. The highest BCUT2D eigenvalue weighted by Gasteiger charge is 2.50. The number of nitrogens with zero attached hydrogens (tertiary/aromatic N) is 2. The Morgan fingerprint density at radius 2 is 1.71 bits per heavy atom. The number of nitrogens with one attached hydrogen (secondary N) is 2. The molecule has 4 rings (SSSR count). The predicted molar refractivity (Wildman–Crippen MR) is 112 cm³/mol. The first-order valence-corrected chi connectivity index (χ1v) is 10.2. The van der Waals surface area contributed by atoms with Crippen molar-refractivity contribution in [2.75, 3.05) is 13.1 Å². The molecule has 31 heavy (non-hydrogen) atoms. The molecule has 8 nitrogen and oxygen atoms in total. The summed E-state index contributed by atoms with van der Waals surface area (Å²) in [5.74, 6) is -1.81. The molecule has 5 amide bonds. The second kappa shape index (κ2) is 8.22. The van der Waals surface area contributed by atoms with Gasteiger partial charge in [0.1, 0.15) is 5.54 Å². The minimum atomic E-state index is -1.27. The first-order chi connectivity index (χ1) is 14.9. The van der Waals surface area contributed by atoms with E-state index in [0.29, 0.717) is 23.5 Å². The van der Waals surface area contributed by atoms with Crippen LogP contribution in [0.5, 0.6) is 0 Å². The van der Waals surface area contributed by atoms with Crippen LogP contribution in [0.3, 0.4) is 0 Å². The maximum Gasteiger partial charge on any atom is 0.344 e. The molecule has 0 aliphatic carbocycles. The molecule has 0 radical (unpaired) electrons. The number of hydrazine groups is 1. The number of carbonyl (C=O) groups excluding carboxylic acids is 4. The molecule has 2 fully saturated rings. The first kappa shape index (κ1) is 20.6. The maximum absolute atomic E-state index is 12.9. The fraction of sp³-hybridized carbons (Fsp3) is 0.304. The van der Waals surface area contributed by atoms with Crippen molar-refractivity contribution in [1.82, 2.24) is 20.7 Å². The van der Waals surface area contributed by atoms with Gasteiger partial charge in [0.15, 0.2) is 0 Å². The number of benzene rings is 2. The lowest BCUT2D eigenvalue weighted by atomic mass is 9.92. The Kier molecular flexibility index (Phi) is 5.46. The van der Waals surface area contributed by atoms with Crippen LogP contribution < -0.4 is 10.7 Å². The SMILES string of the molecule is C[C@]1(c2ccccc2)NC(=O)N(NC(=O)[C@H]2CC(=O)N(CCc3ccccc3)C2)C1=O. The molecule has 160 valence electrons. The van der Waals surface area contributed by atoms with E-state index in [1.807, 2.05) is 36.4 Å². The zero-order valence-corrected chi connectivity index (χ0v) is 17.2. The van der Waals surface area contributed by atoms with Gasteiger partial charge in [-0.25, -0.2) is 4.79 Å². The van der Waals surface area contributed by atoms with Crippen molar-refractivity contribution < 1.29 is 19.2 Å². The van der Waals surface area contributed by atoms with Crippen molar-refractivity contribution in [3.05, 3.63) is 71.8 Å². The van der Waals surface area contributed by atoms with E-state index >= 15 is 0 Å². The Balaban J connectivity index is 1.37. The first-order valence-electron chi connectivity index (χ1n) is 10.2. The molecule has 2 aliphatic heterocycles. The summed E-state index contributed by atoms with van der Waals surface area (Å²) in [5.41, 5.74) is 2.88. The third-order valence-electron chi connectivity index (χ3n) is 5.86. The molecule has 0 bridgehead atoms. The van der Waals surface area contributed by atoms with Crippen LogP contribution >= 0.6 is 0 Å². The third kappa shape index (κ3) is 4.01. The highest BCUT2D eigenvalue weighted by atomic mass is 16.2. The second-order valence-electron chi connectivity index (χ2n) is 8.01. The molecule has 2 aliphatic rings. The van der Waals surface area contributed by atoms with Gasteiger partial charge in [0.25, 0.3) is 5.91 Å². The van der Waals surface area contributed by atoms with Crippen LogP contribution in [0.15, 0.2) is 60.7 Å². The van der Waals surface area contributed by atoms with E-state index in [2.05, 4.69) is 10.7 Å². The molecule has 2 aromatic carbocycles. The Hall–Kier alpha value is -3.68. The monoisotopic (exact) mass is 420 g/mol. The highest BCUT2D eigenvalue weighted by Crippen LogP contribution is 2.28. The highest BCUT2D eigenvalue weighted by molar-refractivity contribution is 6.08. The molecule has 0 unspecified atom stereocenters. The number of imide groups is 1. The number of amides is 5. The van der Waals surface area contributed by atoms with E-state index in [-0.39, 0.29) is 18.9 Å². The molecule has 0 aromatic heterocycles. The Morgan fingerprint density at radius 1 is 1.06 bits per heavy atom. The Morgan fingerprint density at radius 3 is 2.39 bits per heavy atom. The topological polar surface area (TPSA) is 98.8 Å². The zero-order valence-electron chi connectivity index (χ0n) is 17.2. The van der Waals surface area contributed by atoms with Crippen LogP contribution in [-0.4, -0.2) is 46.8 Å². The van der Waals surface area contributed by atoms with Crippen LogP contribution in [0.1, 0.15) is 24.5 Å². The summed E-state index contributed by atoms with van der Waals surface area (Å²) in [6.07, 6.45) is 0.754. The molecular weight excluding hydrogens is 396 g/mol. The van der Waals surface area contributed by atoms with E-state index < -0.39 is 29.3 Å². The molecule has 2 atom stereocenters. The van der Waals surface area contributed by atoms with Crippen molar-refractivity contribution in [3.63, 3.8) is 0 Å². The molecule has 2 N–H and O–H groups in total. The predicted octanol–water partition coefficient (Wildman–Crippen LogP) is 1.58. The number of hydrogen-bond donors (Lipinski definition) is 2. The average molecular weight is 420 g/mol. The fourth-order valence-corrected chi connectivity index (χ4v) is 3.98. The van der Waals surface area contributed by atoms with Crippen molar-refractivity contribution in [2.24, 2.45) is 5.92 Å². The van der Waals surface area contributed by atoms with Gasteiger partial charge in [-0.1, -0.05) is 60.7 Å². The minimum Gasteiger partial charge on any atom is -0.342 e. The maximum atomic E-state index is 12.9. The lowest BCUT2D eigenvalue weighted by Crippen LogP contribution is -2.50. The van der Waals surface area contributed by atoms with E-state index in [4.69, 9.17) is 0 Å². The Labute approximate surface area is 180 Å². The van der Waals surface area contributed by atoms with E-state index in [1.54, 1.807) is 36.1 Å². The van der Waals surface area contributed by atoms with Gasteiger partial charge in [0, 0.05) is 19.5 Å². The quantitative estimate of drug-likeness (QED) is 0.693. The van der Waals surface area contributed by atoms with Gasteiger partial charge >= 0.3 is 6.03 Å². The summed E-state index contributed by atoms with van der Waals surface area (Å²) < 4.78 is 0. The van der Waals surface area contributed by atoms with Gasteiger partial charge in [0.2, 0.25) is 11.8 Å². The van der Waals surface area contributed by atoms with Crippen LogP contribution in [0.2, 0.25) is 0 Å². The number of rotatable bonds is 6. The summed E-state index contributed by atoms with van der Waals surface area (Å²) in [6, 6.07) is 17.9. The number of carbonyl (C=O) groups is 4. The van der Waals surface area contributed by atoms with E-state index in [0.717, 1.165) is 5.56 Å². The molecule has 2 heterocycles. The molecule has 8 heteroatoms. The van der Waals surface area contributed by atoms with Crippen molar-refractivity contribution >= 4 is 23.8 Å². The minimum absolute atomic E-state index is 0.0558. The van der Waals surface area contributed by atoms with Crippen LogP contribution in [0, 0.1) is 5.92 Å². The number of urea groups is 1. The van der Waals surface area contributed by atoms with Gasteiger partial charge < -0.3 is 10.2 Å². The summed E-state index contributed by atoms with van der Waals surface area (Å²) in [4.78, 5) is 52.1. The normalized spacial score (nSPS) is 23.3.